The Bertz CT molecular complexity index is 1790. The Balaban J connectivity index is 1.49. The molecule has 0 radical (unpaired) electrons. The Morgan fingerprint density at radius 3 is 2.54 bits per heavy atom. The zero-order valence-electron chi connectivity index (χ0n) is 22.9. The topological polar surface area (TPSA) is 69.3 Å². The van der Waals surface area contributed by atoms with Gasteiger partial charge in [-0.2, -0.15) is 0 Å². The van der Waals surface area contributed by atoms with Crippen LogP contribution in [0.2, 0.25) is 0 Å². The summed E-state index contributed by atoms with van der Waals surface area (Å²) in [6, 6.07) is 15.5. The smallest absolute Gasteiger partial charge is 0.336 e. The highest BCUT2D eigenvalue weighted by molar-refractivity contribution is 5.97. The number of aromatic nitrogens is 3. The molecule has 0 atom stereocenters. The standard InChI is InChI=1S/C32H30F3N3O3/c1-19-23(31(39)40)8-10-28-29(19)36-30(38(28)15-16-41-2)21-5-9-26-24(17-21)25-18-32(34,35)13-11-27(25)37(26)14-12-20-3-6-22(33)7-4-20/h3-10,17H,11-16,18H2,1-2H3,(H,39,40). The van der Waals surface area contributed by atoms with Crippen molar-refractivity contribution in [2.75, 3.05) is 13.7 Å². The maximum Gasteiger partial charge on any atom is 0.336 e. The van der Waals surface area contributed by atoms with E-state index in [9.17, 15) is 23.1 Å². The summed E-state index contributed by atoms with van der Waals surface area (Å²) in [4.78, 5) is 16.6. The molecule has 5 aromatic rings. The summed E-state index contributed by atoms with van der Waals surface area (Å²) in [6.45, 7) is 3.24. The van der Waals surface area contributed by atoms with Crippen molar-refractivity contribution in [3.05, 3.63) is 88.4 Å². The van der Waals surface area contributed by atoms with Crippen LogP contribution in [0.5, 0.6) is 0 Å². The monoisotopic (exact) mass is 561 g/mol. The molecular weight excluding hydrogens is 531 g/mol. The van der Waals surface area contributed by atoms with E-state index in [1.165, 1.54) is 12.1 Å². The van der Waals surface area contributed by atoms with Crippen molar-refractivity contribution in [2.24, 2.45) is 0 Å². The van der Waals surface area contributed by atoms with Gasteiger partial charge in [0.15, 0.2) is 0 Å². The summed E-state index contributed by atoms with van der Waals surface area (Å²) in [5, 5.41) is 10.4. The van der Waals surface area contributed by atoms with E-state index in [0.717, 1.165) is 33.2 Å². The van der Waals surface area contributed by atoms with Gasteiger partial charge >= 0.3 is 5.97 Å². The fourth-order valence-electron chi connectivity index (χ4n) is 6.08. The van der Waals surface area contributed by atoms with E-state index >= 15 is 0 Å². The number of hydrogen-bond donors (Lipinski definition) is 1. The lowest BCUT2D eigenvalue weighted by atomic mass is 9.92. The average molecular weight is 562 g/mol. The predicted molar refractivity (Wildman–Crippen MR) is 151 cm³/mol. The summed E-state index contributed by atoms with van der Waals surface area (Å²) in [6.07, 6.45) is 0.399. The van der Waals surface area contributed by atoms with Crippen molar-refractivity contribution in [3.63, 3.8) is 0 Å². The zero-order chi connectivity index (χ0) is 28.9. The minimum absolute atomic E-state index is 0.186. The van der Waals surface area contributed by atoms with E-state index in [4.69, 9.17) is 9.72 Å². The highest BCUT2D eigenvalue weighted by atomic mass is 19.3. The van der Waals surface area contributed by atoms with Gasteiger partial charge in [-0.1, -0.05) is 12.1 Å². The average Bonchev–Trinajstić information content (AvgIpc) is 3.46. The summed E-state index contributed by atoms with van der Waals surface area (Å²) < 4.78 is 52.3. The number of alkyl halides is 2. The second-order valence-corrected chi connectivity index (χ2v) is 10.7. The van der Waals surface area contributed by atoms with Crippen molar-refractivity contribution in [3.8, 4) is 11.4 Å². The van der Waals surface area contributed by atoms with E-state index in [-0.39, 0.29) is 30.6 Å². The number of nitrogens with zero attached hydrogens (tertiary/aromatic N) is 3. The van der Waals surface area contributed by atoms with Crippen LogP contribution in [0.25, 0.3) is 33.3 Å². The van der Waals surface area contributed by atoms with Crippen LogP contribution in [0, 0.1) is 12.7 Å². The van der Waals surface area contributed by atoms with Crippen molar-refractivity contribution in [2.45, 2.75) is 51.6 Å². The number of methoxy groups -OCH3 is 1. The van der Waals surface area contributed by atoms with E-state index in [1.807, 2.05) is 22.8 Å². The van der Waals surface area contributed by atoms with Gasteiger partial charge < -0.3 is 19.0 Å². The van der Waals surface area contributed by atoms with Gasteiger partial charge in [0, 0.05) is 55.2 Å². The molecule has 0 spiro atoms. The summed E-state index contributed by atoms with van der Waals surface area (Å²) in [5.41, 5.74) is 6.30. The number of imidazole rings is 1. The molecule has 212 valence electrons. The lowest BCUT2D eigenvalue weighted by Gasteiger charge is -2.23. The van der Waals surface area contributed by atoms with Gasteiger partial charge in [-0.3, -0.25) is 0 Å². The molecule has 0 aliphatic heterocycles. The van der Waals surface area contributed by atoms with E-state index in [2.05, 4.69) is 4.57 Å². The molecule has 1 aliphatic carbocycles. The van der Waals surface area contributed by atoms with Crippen LogP contribution in [0.3, 0.4) is 0 Å². The lowest BCUT2D eigenvalue weighted by Crippen LogP contribution is -2.26. The number of ether oxygens (including phenoxy) is 1. The first-order valence-electron chi connectivity index (χ1n) is 13.7. The molecule has 0 fully saturated rings. The molecule has 2 aromatic heterocycles. The second kappa shape index (κ2) is 10.4. The molecule has 0 saturated heterocycles. The lowest BCUT2D eigenvalue weighted by molar-refractivity contribution is -0.0125. The molecule has 1 N–H and O–H groups in total. The van der Waals surface area contributed by atoms with Crippen molar-refractivity contribution in [1.29, 1.82) is 0 Å². The third-order valence-electron chi connectivity index (χ3n) is 8.17. The number of aromatic carboxylic acids is 1. The SMILES string of the molecule is COCCn1c(-c2ccc3c(c2)c2c(n3CCc3ccc(F)cc3)CCC(F)(F)C2)nc2c(C)c(C(=O)O)ccc21. The summed E-state index contributed by atoms with van der Waals surface area (Å²) >= 11 is 0. The van der Waals surface area contributed by atoms with Crippen molar-refractivity contribution < 1.29 is 27.8 Å². The fourth-order valence-corrected chi connectivity index (χ4v) is 6.08. The molecule has 3 aromatic carbocycles. The molecular formula is C32H30F3N3O3. The third-order valence-corrected chi connectivity index (χ3v) is 8.17. The molecule has 0 saturated carbocycles. The maximum atomic E-state index is 14.7. The Labute approximate surface area is 235 Å². The predicted octanol–water partition coefficient (Wildman–Crippen LogP) is 6.82. The molecule has 0 amide bonds. The number of benzene rings is 3. The van der Waals surface area contributed by atoms with Crippen LogP contribution in [0.4, 0.5) is 13.2 Å². The van der Waals surface area contributed by atoms with Gasteiger partial charge in [-0.05, 0) is 78.9 Å². The molecule has 9 heteroatoms. The van der Waals surface area contributed by atoms with Gasteiger partial charge in [0.25, 0.3) is 5.92 Å². The number of halogens is 3. The number of fused-ring (bicyclic) bond motifs is 4. The highest BCUT2D eigenvalue weighted by Gasteiger charge is 2.37. The summed E-state index contributed by atoms with van der Waals surface area (Å²) in [5.74, 6) is -3.47. The van der Waals surface area contributed by atoms with Crippen LogP contribution in [0.1, 0.15) is 39.2 Å². The van der Waals surface area contributed by atoms with Crippen LogP contribution < -0.4 is 0 Å². The minimum Gasteiger partial charge on any atom is -0.478 e. The first-order valence-corrected chi connectivity index (χ1v) is 13.7. The number of aryl methyl sites for hydroxylation is 3. The number of rotatable bonds is 8. The first kappa shape index (κ1) is 27.1. The Hall–Kier alpha value is -4.11. The molecule has 41 heavy (non-hydrogen) atoms. The van der Waals surface area contributed by atoms with Crippen molar-refractivity contribution >= 4 is 27.9 Å². The number of carbonyl (C=O) groups is 1. The summed E-state index contributed by atoms with van der Waals surface area (Å²) in [7, 11) is 1.61. The largest absolute Gasteiger partial charge is 0.478 e. The Kier molecular flexibility index (Phi) is 6.85. The van der Waals surface area contributed by atoms with Crippen LogP contribution in [-0.2, 0) is 37.1 Å². The van der Waals surface area contributed by atoms with Gasteiger partial charge in [-0.15, -0.1) is 0 Å². The van der Waals surface area contributed by atoms with Gasteiger partial charge in [0.1, 0.15) is 11.6 Å². The molecule has 2 heterocycles. The molecule has 0 bridgehead atoms. The molecule has 6 nitrogen and oxygen atoms in total. The number of hydrogen-bond acceptors (Lipinski definition) is 3. The third kappa shape index (κ3) is 4.88. The van der Waals surface area contributed by atoms with Crippen molar-refractivity contribution in [1.82, 2.24) is 14.1 Å². The second-order valence-electron chi connectivity index (χ2n) is 10.7. The molecule has 6 rings (SSSR count). The minimum atomic E-state index is -2.78. The Morgan fingerprint density at radius 1 is 1.05 bits per heavy atom. The quantitative estimate of drug-likeness (QED) is 0.226. The molecule has 1 aliphatic rings. The van der Waals surface area contributed by atoms with Crippen LogP contribution in [-0.4, -0.2) is 44.8 Å². The fraction of sp³-hybridized carbons (Fsp3) is 0.312. The van der Waals surface area contributed by atoms with Gasteiger partial charge in [0.2, 0.25) is 0 Å². The van der Waals surface area contributed by atoms with E-state index < -0.39 is 11.9 Å². The van der Waals surface area contributed by atoms with Crippen LogP contribution >= 0.6 is 0 Å². The maximum absolute atomic E-state index is 14.7. The van der Waals surface area contributed by atoms with E-state index in [1.54, 1.807) is 38.3 Å². The first-order chi connectivity index (χ1) is 19.7. The normalized spacial score (nSPS) is 14.6. The Morgan fingerprint density at radius 2 is 1.80 bits per heavy atom. The van der Waals surface area contributed by atoms with Crippen LogP contribution in [0.15, 0.2) is 54.6 Å². The van der Waals surface area contributed by atoms with Gasteiger partial charge in [0.05, 0.1) is 23.2 Å². The molecule has 0 unspecified atom stereocenters. The van der Waals surface area contributed by atoms with Gasteiger partial charge in [-0.25, -0.2) is 22.9 Å². The zero-order valence-corrected chi connectivity index (χ0v) is 22.9. The highest BCUT2D eigenvalue weighted by Crippen LogP contribution is 2.40. The van der Waals surface area contributed by atoms with E-state index in [0.29, 0.717) is 48.6 Å². The number of carboxylic acids is 1. The number of carboxylic acid groups (broad SMARTS) is 1.